The van der Waals surface area contributed by atoms with Gasteiger partial charge in [-0.15, -0.1) is 0 Å². The zero-order chi connectivity index (χ0) is 31.5. The molecule has 1 aliphatic heterocycles. The third kappa shape index (κ3) is 6.40. The molecule has 11 heteroatoms. The number of hydrogen-bond acceptors (Lipinski definition) is 8. The maximum atomic E-state index is 14.0. The quantitative estimate of drug-likeness (QED) is 0.214. The van der Waals surface area contributed by atoms with Crippen LogP contribution in [0.5, 0.6) is 11.5 Å². The molecule has 0 N–H and O–H groups in total. The van der Waals surface area contributed by atoms with E-state index in [-0.39, 0.29) is 24.3 Å². The van der Waals surface area contributed by atoms with Crippen LogP contribution >= 0.6 is 34.5 Å². The van der Waals surface area contributed by atoms with Crippen molar-refractivity contribution in [3.8, 4) is 11.5 Å². The van der Waals surface area contributed by atoms with Crippen molar-refractivity contribution in [2.45, 2.75) is 26.5 Å². The number of halogens is 2. The van der Waals surface area contributed by atoms with Gasteiger partial charge in [0.2, 0.25) is 0 Å². The van der Waals surface area contributed by atoms with Crippen molar-refractivity contribution in [1.29, 1.82) is 0 Å². The molecule has 0 radical (unpaired) electrons. The van der Waals surface area contributed by atoms with E-state index in [9.17, 15) is 9.59 Å². The number of rotatable bonds is 9. The summed E-state index contributed by atoms with van der Waals surface area (Å²) < 4.78 is 19.2. The molecule has 5 rings (SSSR count). The predicted octanol–water partition coefficient (Wildman–Crippen LogP) is 5.76. The number of aromatic nitrogens is 1. The van der Waals surface area contributed by atoms with E-state index in [2.05, 4.69) is 4.99 Å². The van der Waals surface area contributed by atoms with E-state index < -0.39 is 12.0 Å². The summed E-state index contributed by atoms with van der Waals surface area (Å²) in [5.41, 5.74) is 3.83. The minimum absolute atomic E-state index is 0.180. The number of benzene rings is 3. The standard InChI is InChI=1S/C33H31Cl2N3O5S/c1-6-42-32(40)29-19(2)36-33-38(31(39)28(44-33)15-20-7-12-24(13-8-20)37(3)4)30(29)21-10-14-26(27(16-21)41-5)43-18-22-9-11-23(34)17-25(22)35/h7-17,30H,6,18H2,1-5H3. The first kappa shape index (κ1) is 31.4. The molecule has 1 unspecified atom stereocenters. The lowest BCUT2D eigenvalue weighted by Crippen LogP contribution is -2.40. The minimum Gasteiger partial charge on any atom is -0.493 e. The van der Waals surface area contributed by atoms with E-state index in [1.165, 1.54) is 18.4 Å². The summed E-state index contributed by atoms with van der Waals surface area (Å²) in [7, 11) is 5.47. The summed E-state index contributed by atoms with van der Waals surface area (Å²) in [6.07, 6.45) is 1.84. The van der Waals surface area contributed by atoms with Gasteiger partial charge in [-0.25, -0.2) is 9.79 Å². The van der Waals surface area contributed by atoms with Crippen molar-refractivity contribution < 1.29 is 19.0 Å². The van der Waals surface area contributed by atoms with Crippen LogP contribution in [0.1, 0.15) is 36.6 Å². The number of carbonyl (C=O) groups is 1. The molecule has 0 aliphatic carbocycles. The molecule has 3 aromatic carbocycles. The number of anilines is 1. The summed E-state index contributed by atoms with van der Waals surface area (Å²) in [5.74, 6) is 0.353. The molecule has 4 aromatic rings. The molecule has 0 bridgehead atoms. The lowest BCUT2D eigenvalue weighted by atomic mass is 9.95. The van der Waals surface area contributed by atoms with E-state index in [1.54, 1.807) is 54.8 Å². The molecule has 1 aliphatic rings. The Bertz CT molecular complexity index is 1930. The van der Waals surface area contributed by atoms with E-state index in [1.807, 2.05) is 49.3 Å². The van der Waals surface area contributed by atoms with Crippen molar-refractivity contribution in [3.63, 3.8) is 0 Å². The lowest BCUT2D eigenvalue weighted by molar-refractivity contribution is -0.139. The molecule has 0 fully saturated rings. The number of methoxy groups -OCH3 is 1. The highest BCUT2D eigenvalue weighted by Crippen LogP contribution is 2.37. The van der Waals surface area contributed by atoms with Gasteiger partial charge in [0.25, 0.3) is 5.56 Å². The molecule has 0 saturated heterocycles. The summed E-state index contributed by atoms with van der Waals surface area (Å²) >= 11 is 13.6. The smallest absolute Gasteiger partial charge is 0.338 e. The van der Waals surface area contributed by atoms with Crippen LogP contribution in [0.2, 0.25) is 10.0 Å². The van der Waals surface area contributed by atoms with Gasteiger partial charge in [0.1, 0.15) is 6.61 Å². The van der Waals surface area contributed by atoms with Crippen molar-refractivity contribution in [3.05, 3.63) is 118 Å². The predicted molar refractivity (Wildman–Crippen MR) is 175 cm³/mol. The topological polar surface area (TPSA) is 82.4 Å². The van der Waals surface area contributed by atoms with Crippen LogP contribution in [0.25, 0.3) is 6.08 Å². The monoisotopic (exact) mass is 651 g/mol. The fraction of sp³-hybridized carbons (Fsp3) is 0.242. The normalized spacial score (nSPS) is 14.6. The van der Waals surface area contributed by atoms with Crippen LogP contribution in [0.3, 0.4) is 0 Å². The van der Waals surface area contributed by atoms with Crippen LogP contribution in [0.15, 0.2) is 81.7 Å². The molecular formula is C33H31Cl2N3O5S. The fourth-order valence-corrected chi connectivity index (χ4v) is 6.40. The minimum atomic E-state index is -0.794. The molecule has 0 spiro atoms. The summed E-state index contributed by atoms with van der Waals surface area (Å²) in [5, 5.41) is 1.02. The molecule has 0 amide bonds. The zero-order valence-electron chi connectivity index (χ0n) is 24.9. The summed E-state index contributed by atoms with van der Waals surface area (Å²) in [6, 6.07) is 17.6. The van der Waals surface area contributed by atoms with E-state index in [4.69, 9.17) is 37.4 Å². The highest BCUT2D eigenvalue weighted by molar-refractivity contribution is 7.07. The van der Waals surface area contributed by atoms with E-state index in [0.717, 1.165) is 16.8 Å². The first-order valence-electron chi connectivity index (χ1n) is 13.8. The average Bonchev–Trinajstić information content (AvgIpc) is 3.30. The Morgan fingerprint density at radius 2 is 1.82 bits per heavy atom. The van der Waals surface area contributed by atoms with Crippen molar-refractivity contribution in [2.24, 2.45) is 4.99 Å². The second-order valence-corrected chi connectivity index (χ2v) is 12.1. The van der Waals surface area contributed by atoms with Gasteiger partial charge in [-0.05, 0) is 67.4 Å². The molecule has 1 aromatic heterocycles. The lowest BCUT2D eigenvalue weighted by Gasteiger charge is -2.25. The maximum absolute atomic E-state index is 14.0. The molecule has 0 saturated carbocycles. The van der Waals surface area contributed by atoms with Gasteiger partial charge in [0.15, 0.2) is 16.3 Å². The van der Waals surface area contributed by atoms with Crippen LogP contribution in [-0.4, -0.2) is 38.3 Å². The Kier molecular flexibility index (Phi) is 9.48. The van der Waals surface area contributed by atoms with Gasteiger partial charge in [0.05, 0.1) is 35.6 Å². The van der Waals surface area contributed by atoms with Gasteiger partial charge in [0, 0.05) is 35.4 Å². The highest BCUT2D eigenvalue weighted by Gasteiger charge is 2.34. The molecule has 44 heavy (non-hydrogen) atoms. The zero-order valence-corrected chi connectivity index (χ0v) is 27.2. The Balaban J connectivity index is 1.58. The Labute approximate surface area is 269 Å². The molecule has 2 heterocycles. The molecule has 8 nitrogen and oxygen atoms in total. The van der Waals surface area contributed by atoms with E-state index in [0.29, 0.717) is 42.1 Å². The van der Waals surface area contributed by atoms with Crippen LogP contribution in [0.4, 0.5) is 5.69 Å². The van der Waals surface area contributed by atoms with Crippen molar-refractivity contribution in [2.75, 3.05) is 32.7 Å². The molecular weight excluding hydrogens is 621 g/mol. The second kappa shape index (κ2) is 13.3. The van der Waals surface area contributed by atoms with Gasteiger partial charge < -0.3 is 19.1 Å². The molecule has 228 valence electrons. The number of carbonyl (C=O) groups excluding carboxylic acids is 1. The Morgan fingerprint density at radius 3 is 2.48 bits per heavy atom. The number of esters is 1. The number of nitrogens with zero attached hydrogens (tertiary/aromatic N) is 3. The first-order chi connectivity index (χ1) is 21.1. The third-order valence-corrected chi connectivity index (χ3v) is 8.70. The van der Waals surface area contributed by atoms with Crippen LogP contribution < -0.4 is 29.3 Å². The van der Waals surface area contributed by atoms with Crippen molar-refractivity contribution >= 4 is 52.3 Å². The number of ether oxygens (including phenoxy) is 3. The third-order valence-electron chi connectivity index (χ3n) is 7.13. The number of fused-ring (bicyclic) bond motifs is 1. The van der Waals surface area contributed by atoms with Crippen LogP contribution in [-0.2, 0) is 16.1 Å². The Morgan fingerprint density at radius 1 is 1.07 bits per heavy atom. The second-order valence-electron chi connectivity index (χ2n) is 10.2. The van der Waals surface area contributed by atoms with Crippen molar-refractivity contribution in [1.82, 2.24) is 4.57 Å². The maximum Gasteiger partial charge on any atom is 0.338 e. The SMILES string of the molecule is CCOC(=O)C1=C(C)N=c2sc(=Cc3ccc(N(C)C)cc3)c(=O)n2C1c1ccc(OCc2ccc(Cl)cc2Cl)c(OC)c1. The van der Waals surface area contributed by atoms with Gasteiger partial charge >= 0.3 is 5.97 Å². The first-order valence-corrected chi connectivity index (χ1v) is 15.4. The molecule has 1 atom stereocenters. The number of allylic oxidation sites excluding steroid dienone is 1. The summed E-state index contributed by atoms with van der Waals surface area (Å²) in [6.45, 7) is 3.85. The van der Waals surface area contributed by atoms with Crippen LogP contribution in [0, 0.1) is 0 Å². The number of thiazole rings is 1. The largest absolute Gasteiger partial charge is 0.493 e. The average molecular weight is 653 g/mol. The van der Waals surface area contributed by atoms with E-state index >= 15 is 0 Å². The van der Waals surface area contributed by atoms with Gasteiger partial charge in [-0.2, -0.15) is 0 Å². The van der Waals surface area contributed by atoms with Gasteiger partial charge in [-0.1, -0.05) is 58.8 Å². The van der Waals surface area contributed by atoms with Gasteiger partial charge in [-0.3, -0.25) is 9.36 Å². The highest BCUT2D eigenvalue weighted by atomic mass is 35.5. The summed E-state index contributed by atoms with van der Waals surface area (Å²) in [4.78, 5) is 34.4. The Hall–Kier alpha value is -4.05. The fourth-order valence-electron chi connectivity index (χ4n) is 4.89. The number of hydrogen-bond donors (Lipinski definition) is 0.